The molecule has 26 heavy (non-hydrogen) atoms. The highest BCUT2D eigenvalue weighted by Gasteiger charge is 2.10. The van der Waals surface area contributed by atoms with E-state index in [1.807, 2.05) is 54.6 Å². The van der Waals surface area contributed by atoms with Gasteiger partial charge < -0.3 is 14.3 Å². The number of nitrogens with zero attached hydrogens (tertiary/aromatic N) is 2. The summed E-state index contributed by atoms with van der Waals surface area (Å²) in [6.07, 6.45) is 0. The Morgan fingerprint density at radius 2 is 1.31 bits per heavy atom. The van der Waals surface area contributed by atoms with Crippen LogP contribution in [0.1, 0.15) is 5.56 Å². The molecule has 3 aromatic carbocycles. The van der Waals surface area contributed by atoms with E-state index in [9.17, 15) is 5.11 Å². The van der Waals surface area contributed by atoms with Gasteiger partial charge in [0.25, 0.3) is 0 Å². The highest BCUT2D eigenvalue weighted by Crippen LogP contribution is 2.26. The van der Waals surface area contributed by atoms with Crippen molar-refractivity contribution in [3.63, 3.8) is 0 Å². The van der Waals surface area contributed by atoms with Crippen molar-refractivity contribution >= 4 is 0 Å². The van der Waals surface area contributed by atoms with Gasteiger partial charge in [0.15, 0.2) is 0 Å². The summed E-state index contributed by atoms with van der Waals surface area (Å²) < 4.78 is 11.5. The maximum atomic E-state index is 9.35. The Kier molecular flexibility index (Phi) is 4.35. The second-order valence-corrected chi connectivity index (χ2v) is 5.76. The minimum Gasteiger partial charge on any atom is -0.508 e. The van der Waals surface area contributed by atoms with Crippen molar-refractivity contribution in [2.75, 3.05) is 0 Å². The molecule has 1 aromatic heterocycles. The number of benzene rings is 3. The van der Waals surface area contributed by atoms with Crippen molar-refractivity contribution in [1.82, 2.24) is 10.2 Å². The number of aromatic nitrogens is 2. The van der Waals surface area contributed by atoms with Crippen LogP contribution in [0, 0.1) is 0 Å². The van der Waals surface area contributed by atoms with E-state index in [4.69, 9.17) is 9.15 Å². The zero-order valence-corrected chi connectivity index (χ0v) is 13.9. The van der Waals surface area contributed by atoms with Gasteiger partial charge in [-0.1, -0.05) is 30.3 Å². The SMILES string of the molecule is Oc1ccc(-c2nnc(-c3ccc(OCc4ccccc4)cc3)o2)cc1. The molecule has 0 atom stereocenters. The standard InChI is InChI=1S/C21H16N2O3/c24-18-10-6-16(7-11-18)20-22-23-21(26-20)17-8-12-19(13-9-17)25-14-15-4-2-1-3-5-15/h1-13,24H,14H2. The van der Waals surface area contributed by atoms with Gasteiger partial charge in [0.1, 0.15) is 18.1 Å². The van der Waals surface area contributed by atoms with Gasteiger partial charge in [0, 0.05) is 11.1 Å². The zero-order chi connectivity index (χ0) is 17.8. The van der Waals surface area contributed by atoms with Crippen molar-refractivity contribution in [2.24, 2.45) is 0 Å². The van der Waals surface area contributed by atoms with Gasteiger partial charge in [-0.2, -0.15) is 0 Å². The Balaban J connectivity index is 1.46. The van der Waals surface area contributed by atoms with Crippen LogP contribution in [0.3, 0.4) is 0 Å². The molecule has 0 fully saturated rings. The van der Waals surface area contributed by atoms with Crippen LogP contribution >= 0.6 is 0 Å². The highest BCUT2D eigenvalue weighted by atomic mass is 16.5. The van der Waals surface area contributed by atoms with Gasteiger partial charge in [0.05, 0.1) is 0 Å². The fourth-order valence-electron chi connectivity index (χ4n) is 2.50. The summed E-state index contributed by atoms with van der Waals surface area (Å²) in [5, 5.41) is 17.5. The number of ether oxygens (including phenoxy) is 1. The van der Waals surface area contributed by atoms with Crippen LogP contribution in [-0.4, -0.2) is 15.3 Å². The Labute approximate surface area is 150 Å². The molecule has 128 valence electrons. The van der Waals surface area contributed by atoms with E-state index in [2.05, 4.69) is 10.2 Å². The molecule has 0 spiro atoms. The number of hydrogen-bond acceptors (Lipinski definition) is 5. The predicted molar refractivity (Wildman–Crippen MR) is 97.6 cm³/mol. The van der Waals surface area contributed by atoms with E-state index in [0.717, 1.165) is 22.4 Å². The molecule has 0 saturated carbocycles. The molecule has 0 unspecified atom stereocenters. The fourth-order valence-corrected chi connectivity index (χ4v) is 2.50. The monoisotopic (exact) mass is 344 g/mol. The smallest absolute Gasteiger partial charge is 0.248 e. The van der Waals surface area contributed by atoms with Crippen molar-refractivity contribution in [1.29, 1.82) is 0 Å². The molecule has 4 aromatic rings. The zero-order valence-electron chi connectivity index (χ0n) is 13.9. The average molecular weight is 344 g/mol. The van der Waals surface area contributed by atoms with Crippen molar-refractivity contribution < 1.29 is 14.3 Å². The Bertz CT molecular complexity index is 978. The molecule has 0 bridgehead atoms. The third-order valence-corrected chi connectivity index (χ3v) is 3.89. The van der Waals surface area contributed by atoms with Gasteiger partial charge in [-0.3, -0.25) is 0 Å². The molecule has 0 saturated heterocycles. The van der Waals surface area contributed by atoms with E-state index < -0.39 is 0 Å². The summed E-state index contributed by atoms with van der Waals surface area (Å²) in [4.78, 5) is 0. The maximum absolute atomic E-state index is 9.35. The molecular formula is C21H16N2O3. The number of phenolic OH excluding ortho intramolecular Hbond substituents is 1. The number of hydrogen-bond donors (Lipinski definition) is 1. The van der Waals surface area contributed by atoms with Crippen molar-refractivity contribution in [2.45, 2.75) is 6.61 Å². The normalized spacial score (nSPS) is 10.6. The molecule has 0 amide bonds. The molecule has 0 aliphatic heterocycles. The maximum Gasteiger partial charge on any atom is 0.248 e. The summed E-state index contributed by atoms with van der Waals surface area (Å²) in [6.45, 7) is 0.520. The van der Waals surface area contributed by atoms with E-state index in [0.29, 0.717) is 18.4 Å². The van der Waals surface area contributed by atoms with Gasteiger partial charge >= 0.3 is 0 Å². The number of aromatic hydroxyl groups is 1. The van der Waals surface area contributed by atoms with E-state index >= 15 is 0 Å². The molecule has 5 nitrogen and oxygen atoms in total. The lowest BCUT2D eigenvalue weighted by Gasteiger charge is -2.06. The lowest BCUT2D eigenvalue weighted by Crippen LogP contribution is -1.94. The van der Waals surface area contributed by atoms with Crippen LogP contribution in [0.15, 0.2) is 83.3 Å². The van der Waals surface area contributed by atoms with Gasteiger partial charge in [-0.25, -0.2) is 0 Å². The van der Waals surface area contributed by atoms with Crippen LogP contribution in [-0.2, 0) is 6.61 Å². The summed E-state index contributed by atoms with van der Waals surface area (Å²) in [5.41, 5.74) is 2.69. The topological polar surface area (TPSA) is 68.4 Å². The molecule has 0 radical (unpaired) electrons. The minimum atomic E-state index is 0.194. The quantitative estimate of drug-likeness (QED) is 0.569. The highest BCUT2D eigenvalue weighted by molar-refractivity contribution is 5.59. The second-order valence-electron chi connectivity index (χ2n) is 5.76. The van der Waals surface area contributed by atoms with Crippen LogP contribution in [0.5, 0.6) is 11.5 Å². The third-order valence-electron chi connectivity index (χ3n) is 3.89. The first-order valence-electron chi connectivity index (χ1n) is 8.18. The molecule has 4 rings (SSSR count). The van der Waals surface area contributed by atoms with Crippen LogP contribution in [0.4, 0.5) is 0 Å². The molecule has 5 heteroatoms. The summed E-state index contributed by atoms with van der Waals surface area (Å²) >= 11 is 0. The van der Waals surface area contributed by atoms with E-state index in [-0.39, 0.29) is 5.75 Å². The lowest BCUT2D eigenvalue weighted by molar-refractivity contribution is 0.306. The van der Waals surface area contributed by atoms with Crippen LogP contribution < -0.4 is 4.74 Å². The third kappa shape index (κ3) is 3.57. The molecule has 1 N–H and O–H groups in total. The van der Waals surface area contributed by atoms with Crippen LogP contribution in [0.25, 0.3) is 22.9 Å². The Morgan fingerprint density at radius 1 is 0.731 bits per heavy atom. The molecular weight excluding hydrogens is 328 g/mol. The summed E-state index contributed by atoms with van der Waals surface area (Å²) in [6, 6.07) is 24.2. The lowest BCUT2D eigenvalue weighted by atomic mass is 10.2. The molecule has 0 aliphatic carbocycles. The van der Waals surface area contributed by atoms with Gasteiger partial charge in [-0.05, 0) is 54.1 Å². The number of rotatable bonds is 5. The molecule has 1 heterocycles. The summed E-state index contributed by atoms with van der Waals surface area (Å²) in [5.74, 6) is 1.81. The van der Waals surface area contributed by atoms with Crippen LogP contribution in [0.2, 0.25) is 0 Å². The van der Waals surface area contributed by atoms with E-state index in [1.165, 1.54) is 0 Å². The molecule has 0 aliphatic rings. The fraction of sp³-hybridized carbons (Fsp3) is 0.0476. The largest absolute Gasteiger partial charge is 0.508 e. The van der Waals surface area contributed by atoms with E-state index in [1.54, 1.807) is 24.3 Å². The summed E-state index contributed by atoms with van der Waals surface area (Å²) in [7, 11) is 0. The van der Waals surface area contributed by atoms with Gasteiger partial charge in [0.2, 0.25) is 11.8 Å². The number of phenols is 1. The average Bonchev–Trinajstić information content (AvgIpc) is 3.18. The first-order chi connectivity index (χ1) is 12.8. The minimum absolute atomic E-state index is 0.194. The Hall–Kier alpha value is -3.60. The van der Waals surface area contributed by atoms with Crippen molar-refractivity contribution in [3.8, 4) is 34.4 Å². The predicted octanol–water partition coefficient (Wildman–Crippen LogP) is 4.69. The second kappa shape index (κ2) is 7.11. The first kappa shape index (κ1) is 15.9. The van der Waals surface area contributed by atoms with Gasteiger partial charge in [-0.15, -0.1) is 10.2 Å². The Morgan fingerprint density at radius 3 is 1.92 bits per heavy atom. The van der Waals surface area contributed by atoms with Crippen molar-refractivity contribution in [3.05, 3.63) is 84.4 Å². The first-order valence-corrected chi connectivity index (χ1v) is 8.18.